The summed E-state index contributed by atoms with van der Waals surface area (Å²) in [6.07, 6.45) is 3.45. The SMILES string of the molecule is Cc1nc2c(o1)CC(C)CC2. The largest absolute Gasteiger partial charge is 0.446 e. The summed E-state index contributed by atoms with van der Waals surface area (Å²) in [5.74, 6) is 2.72. The molecule has 1 aromatic heterocycles. The molecule has 0 amide bonds. The van der Waals surface area contributed by atoms with Gasteiger partial charge < -0.3 is 4.42 Å². The van der Waals surface area contributed by atoms with Gasteiger partial charge in [0.15, 0.2) is 5.89 Å². The Morgan fingerprint density at radius 2 is 2.36 bits per heavy atom. The topological polar surface area (TPSA) is 26.0 Å². The summed E-state index contributed by atoms with van der Waals surface area (Å²) in [6, 6.07) is 0. The second kappa shape index (κ2) is 2.36. The van der Waals surface area contributed by atoms with Gasteiger partial charge in [-0.2, -0.15) is 0 Å². The highest BCUT2D eigenvalue weighted by molar-refractivity contribution is 5.13. The molecule has 1 unspecified atom stereocenters. The molecule has 1 atom stereocenters. The van der Waals surface area contributed by atoms with E-state index in [4.69, 9.17) is 4.42 Å². The normalized spacial score (nSPS) is 23.3. The van der Waals surface area contributed by atoms with Gasteiger partial charge in [-0.25, -0.2) is 4.98 Å². The molecule has 0 saturated heterocycles. The lowest BCUT2D eigenvalue weighted by atomic mass is 9.92. The van der Waals surface area contributed by atoms with Gasteiger partial charge in [0.25, 0.3) is 0 Å². The molecule has 1 heterocycles. The maximum Gasteiger partial charge on any atom is 0.191 e. The minimum Gasteiger partial charge on any atom is -0.446 e. The van der Waals surface area contributed by atoms with Gasteiger partial charge in [0.1, 0.15) is 5.76 Å². The molecule has 0 spiro atoms. The lowest BCUT2D eigenvalue weighted by Gasteiger charge is -2.14. The Hall–Kier alpha value is -0.790. The van der Waals surface area contributed by atoms with Crippen molar-refractivity contribution in [1.82, 2.24) is 4.98 Å². The lowest BCUT2D eigenvalue weighted by molar-refractivity contribution is 0.403. The molecule has 0 aliphatic heterocycles. The summed E-state index contributed by atoms with van der Waals surface area (Å²) in [6.45, 7) is 4.18. The maximum atomic E-state index is 5.47. The van der Waals surface area contributed by atoms with Crippen molar-refractivity contribution in [3.05, 3.63) is 17.3 Å². The fourth-order valence-corrected chi connectivity index (χ4v) is 1.67. The molecule has 11 heavy (non-hydrogen) atoms. The van der Waals surface area contributed by atoms with Gasteiger partial charge >= 0.3 is 0 Å². The van der Waals surface area contributed by atoms with Crippen molar-refractivity contribution in [3.63, 3.8) is 0 Å². The first-order chi connectivity index (χ1) is 5.25. The molecule has 1 aromatic rings. The quantitative estimate of drug-likeness (QED) is 0.567. The number of rotatable bonds is 0. The summed E-state index contributed by atoms with van der Waals surface area (Å²) in [4.78, 5) is 4.32. The zero-order valence-corrected chi connectivity index (χ0v) is 7.05. The van der Waals surface area contributed by atoms with Crippen LogP contribution in [-0.4, -0.2) is 4.98 Å². The molecule has 2 heteroatoms. The molecular formula is C9H13NO. The number of hydrogen-bond acceptors (Lipinski definition) is 2. The lowest BCUT2D eigenvalue weighted by Crippen LogP contribution is -2.09. The van der Waals surface area contributed by atoms with Crippen LogP contribution in [0.1, 0.15) is 30.7 Å². The molecule has 0 saturated carbocycles. The van der Waals surface area contributed by atoms with Crippen molar-refractivity contribution >= 4 is 0 Å². The minimum atomic E-state index is 0.773. The Morgan fingerprint density at radius 3 is 3.18 bits per heavy atom. The number of nitrogens with zero attached hydrogens (tertiary/aromatic N) is 1. The summed E-state index contributed by atoms with van der Waals surface area (Å²) >= 11 is 0. The first-order valence-corrected chi connectivity index (χ1v) is 4.21. The van der Waals surface area contributed by atoms with E-state index in [1.54, 1.807) is 0 Å². The molecule has 1 aliphatic carbocycles. The van der Waals surface area contributed by atoms with E-state index >= 15 is 0 Å². The first kappa shape index (κ1) is 6.89. The molecule has 2 rings (SSSR count). The molecule has 0 aromatic carbocycles. The van der Waals surface area contributed by atoms with Crippen molar-refractivity contribution in [2.75, 3.05) is 0 Å². The van der Waals surface area contributed by atoms with Gasteiger partial charge in [-0.3, -0.25) is 0 Å². The van der Waals surface area contributed by atoms with Crippen molar-refractivity contribution < 1.29 is 4.42 Å². The van der Waals surface area contributed by atoms with Crippen LogP contribution in [-0.2, 0) is 12.8 Å². The summed E-state index contributed by atoms with van der Waals surface area (Å²) < 4.78 is 5.47. The Morgan fingerprint density at radius 1 is 1.55 bits per heavy atom. The van der Waals surface area contributed by atoms with E-state index in [0.717, 1.165) is 30.4 Å². The van der Waals surface area contributed by atoms with Crippen LogP contribution < -0.4 is 0 Å². The number of aromatic nitrogens is 1. The van der Waals surface area contributed by atoms with Gasteiger partial charge in [-0.15, -0.1) is 0 Å². The molecule has 2 nitrogen and oxygen atoms in total. The average molecular weight is 151 g/mol. The van der Waals surface area contributed by atoms with E-state index < -0.39 is 0 Å². The highest BCUT2D eigenvalue weighted by Gasteiger charge is 2.19. The highest BCUT2D eigenvalue weighted by atomic mass is 16.4. The standard InChI is InChI=1S/C9H13NO/c1-6-3-4-8-9(5-6)11-7(2)10-8/h6H,3-5H2,1-2H3. The van der Waals surface area contributed by atoms with Gasteiger partial charge in [0, 0.05) is 13.3 Å². The molecule has 0 radical (unpaired) electrons. The number of aryl methyl sites for hydroxylation is 2. The third-order valence-electron chi connectivity index (χ3n) is 2.29. The molecular weight excluding hydrogens is 138 g/mol. The summed E-state index contributed by atoms with van der Waals surface area (Å²) in [5, 5.41) is 0. The van der Waals surface area contributed by atoms with Gasteiger partial charge in [0.2, 0.25) is 0 Å². The molecule has 0 fully saturated rings. The zero-order valence-electron chi connectivity index (χ0n) is 7.05. The van der Waals surface area contributed by atoms with E-state index in [1.807, 2.05) is 6.92 Å². The van der Waals surface area contributed by atoms with E-state index in [-0.39, 0.29) is 0 Å². The Kier molecular flexibility index (Phi) is 1.48. The summed E-state index contributed by atoms with van der Waals surface area (Å²) in [5.41, 5.74) is 1.20. The predicted octanol–water partition coefficient (Wildman–Crippen LogP) is 2.11. The number of hydrogen-bond donors (Lipinski definition) is 0. The molecule has 0 bridgehead atoms. The van der Waals surface area contributed by atoms with Crippen LogP contribution in [0.15, 0.2) is 4.42 Å². The van der Waals surface area contributed by atoms with E-state index in [1.165, 1.54) is 12.1 Å². The van der Waals surface area contributed by atoms with E-state index in [9.17, 15) is 0 Å². The van der Waals surface area contributed by atoms with E-state index in [0.29, 0.717) is 0 Å². The van der Waals surface area contributed by atoms with Crippen molar-refractivity contribution in [2.24, 2.45) is 5.92 Å². The second-order valence-electron chi connectivity index (χ2n) is 3.45. The van der Waals surface area contributed by atoms with Gasteiger partial charge in [-0.05, 0) is 18.8 Å². The highest BCUT2D eigenvalue weighted by Crippen LogP contribution is 2.24. The van der Waals surface area contributed by atoms with E-state index in [2.05, 4.69) is 11.9 Å². The van der Waals surface area contributed by atoms with Gasteiger partial charge in [0.05, 0.1) is 5.69 Å². The second-order valence-corrected chi connectivity index (χ2v) is 3.45. The predicted molar refractivity (Wildman–Crippen MR) is 42.4 cm³/mol. The van der Waals surface area contributed by atoms with Crippen LogP contribution >= 0.6 is 0 Å². The van der Waals surface area contributed by atoms with Crippen molar-refractivity contribution in [2.45, 2.75) is 33.1 Å². The van der Waals surface area contributed by atoms with Crippen LogP contribution in [0.25, 0.3) is 0 Å². The van der Waals surface area contributed by atoms with Crippen LogP contribution in [0.2, 0.25) is 0 Å². The fraction of sp³-hybridized carbons (Fsp3) is 0.667. The van der Waals surface area contributed by atoms with Gasteiger partial charge in [-0.1, -0.05) is 6.92 Å². The monoisotopic (exact) mass is 151 g/mol. The Labute approximate surface area is 66.6 Å². The Balaban J connectivity index is 2.34. The van der Waals surface area contributed by atoms with Crippen LogP contribution in [0.4, 0.5) is 0 Å². The smallest absolute Gasteiger partial charge is 0.191 e. The third-order valence-corrected chi connectivity index (χ3v) is 2.29. The minimum absolute atomic E-state index is 0.773. The molecule has 1 aliphatic rings. The number of oxazole rings is 1. The van der Waals surface area contributed by atoms with Crippen LogP contribution in [0, 0.1) is 12.8 Å². The molecule has 60 valence electrons. The fourth-order valence-electron chi connectivity index (χ4n) is 1.67. The Bertz CT molecular complexity index is 265. The summed E-state index contributed by atoms with van der Waals surface area (Å²) in [7, 11) is 0. The van der Waals surface area contributed by atoms with Crippen LogP contribution in [0.5, 0.6) is 0 Å². The molecule has 0 N–H and O–H groups in total. The average Bonchev–Trinajstić information content (AvgIpc) is 2.27. The van der Waals surface area contributed by atoms with Crippen molar-refractivity contribution in [1.29, 1.82) is 0 Å². The number of fused-ring (bicyclic) bond motifs is 1. The van der Waals surface area contributed by atoms with Crippen LogP contribution in [0.3, 0.4) is 0 Å². The maximum absolute atomic E-state index is 5.47. The zero-order chi connectivity index (χ0) is 7.84. The third kappa shape index (κ3) is 1.17. The van der Waals surface area contributed by atoms with Crippen molar-refractivity contribution in [3.8, 4) is 0 Å². The first-order valence-electron chi connectivity index (χ1n) is 4.21.